The Hall–Kier alpha value is -2.34. The molecule has 2 rings (SSSR count). The number of hydrogen-bond acceptors (Lipinski definition) is 3. The van der Waals surface area contributed by atoms with Crippen LogP contribution in [-0.2, 0) is 7.05 Å². The van der Waals surface area contributed by atoms with Crippen LogP contribution in [0.4, 0.5) is 5.69 Å². The van der Waals surface area contributed by atoms with E-state index < -0.39 is 11.9 Å². The molecule has 7 heteroatoms. The molecule has 0 saturated heterocycles. The lowest BCUT2D eigenvalue weighted by atomic mass is 10.1. The Labute approximate surface area is 126 Å². The first-order chi connectivity index (χ1) is 9.81. The molecule has 0 unspecified atom stereocenters. The average molecular weight is 308 g/mol. The van der Waals surface area contributed by atoms with Crippen LogP contribution in [0.2, 0.25) is 5.02 Å². The normalized spacial score (nSPS) is 10.5. The van der Waals surface area contributed by atoms with Gasteiger partial charge in [0.1, 0.15) is 0 Å². The van der Waals surface area contributed by atoms with Gasteiger partial charge in [-0.2, -0.15) is 5.10 Å². The van der Waals surface area contributed by atoms with Gasteiger partial charge < -0.3 is 10.4 Å². The first kappa shape index (κ1) is 15.1. The Kier molecular flexibility index (Phi) is 3.99. The van der Waals surface area contributed by atoms with E-state index >= 15 is 0 Å². The fourth-order valence-corrected chi connectivity index (χ4v) is 2.26. The predicted molar refractivity (Wildman–Crippen MR) is 79.0 cm³/mol. The summed E-state index contributed by atoms with van der Waals surface area (Å²) in [7, 11) is 1.74. The molecular weight excluding hydrogens is 294 g/mol. The summed E-state index contributed by atoms with van der Waals surface area (Å²) in [6, 6.07) is 4.28. The van der Waals surface area contributed by atoms with Gasteiger partial charge in [0.05, 0.1) is 22.5 Å². The van der Waals surface area contributed by atoms with Crippen LogP contribution in [0.15, 0.2) is 18.2 Å². The minimum atomic E-state index is -1.16. The number of aromatic nitrogens is 2. The lowest BCUT2D eigenvalue weighted by molar-refractivity contribution is 0.0698. The van der Waals surface area contributed by atoms with Gasteiger partial charge in [-0.1, -0.05) is 11.6 Å². The van der Waals surface area contributed by atoms with Crippen LogP contribution in [0.3, 0.4) is 0 Å². The van der Waals surface area contributed by atoms with Crippen molar-refractivity contribution in [2.24, 2.45) is 7.05 Å². The van der Waals surface area contributed by atoms with E-state index in [-0.39, 0.29) is 11.3 Å². The number of aromatic carboxylic acids is 1. The van der Waals surface area contributed by atoms with Crippen molar-refractivity contribution in [3.63, 3.8) is 0 Å². The first-order valence-corrected chi connectivity index (χ1v) is 6.53. The van der Waals surface area contributed by atoms with Gasteiger partial charge in [-0.3, -0.25) is 9.48 Å². The largest absolute Gasteiger partial charge is 0.478 e. The SMILES string of the molecule is Cc1nn(C)c(C)c1C(=O)Nc1ccc(Cl)cc1C(=O)O. The zero-order chi connectivity index (χ0) is 15.7. The van der Waals surface area contributed by atoms with Crippen LogP contribution in [0.1, 0.15) is 32.1 Å². The third kappa shape index (κ3) is 2.90. The highest BCUT2D eigenvalue weighted by Gasteiger charge is 2.19. The molecule has 1 aromatic carbocycles. The summed E-state index contributed by atoms with van der Waals surface area (Å²) >= 11 is 5.78. The lowest BCUT2D eigenvalue weighted by Gasteiger charge is -2.09. The van der Waals surface area contributed by atoms with Gasteiger partial charge >= 0.3 is 5.97 Å². The Morgan fingerprint density at radius 2 is 2.00 bits per heavy atom. The van der Waals surface area contributed by atoms with Crippen LogP contribution in [0, 0.1) is 13.8 Å². The fraction of sp³-hybridized carbons (Fsp3) is 0.214. The first-order valence-electron chi connectivity index (χ1n) is 6.15. The van der Waals surface area contributed by atoms with Gasteiger partial charge in [0.25, 0.3) is 5.91 Å². The smallest absolute Gasteiger partial charge is 0.337 e. The van der Waals surface area contributed by atoms with Crippen molar-refractivity contribution in [1.29, 1.82) is 0 Å². The summed E-state index contributed by atoms with van der Waals surface area (Å²) in [5.74, 6) is -1.56. The molecule has 1 aromatic heterocycles. The Morgan fingerprint density at radius 3 is 2.52 bits per heavy atom. The molecule has 0 spiro atoms. The number of amides is 1. The molecule has 0 aliphatic heterocycles. The standard InChI is InChI=1S/C14H14ClN3O3/c1-7-12(8(2)18(3)17-7)13(19)16-11-5-4-9(15)6-10(11)14(20)21/h4-6H,1-3H3,(H,16,19)(H,20,21). The summed E-state index contributed by atoms with van der Waals surface area (Å²) in [6.45, 7) is 3.50. The molecule has 2 N–H and O–H groups in total. The molecule has 0 saturated carbocycles. The molecule has 0 aliphatic carbocycles. The summed E-state index contributed by atoms with van der Waals surface area (Å²) < 4.78 is 1.60. The van der Waals surface area contributed by atoms with E-state index in [0.717, 1.165) is 0 Å². The fourth-order valence-electron chi connectivity index (χ4n) is 2.09. The molecule has 1 amide bonds. The quantitative estimate of drug-likeness (QED) is 0.913. The summed E-state index contributed by atoms with van der Waals surface area (Å²) in [4.78, 5) is 23.5. The van der Waals surface area contributed by atoms with Crippen molar-refractivity contribution in [2.45, 2.75) is 13.8 Å². The number of carboxylic acids is 1. The molecule has 1 heterocycles. The number of carboxylic acid groups (broad SMARTS) is 1. The van der Waals surface area contributed by atoms with Crippen LogP contribution in [0.5, 0.6) is 0 Å². The van der Waals surface area contributed by atoms with E-state index in [4.69, 9.17) is 16.7 Å². The molecule has 0 bridgehead atoms. The number of carbonyl (C=O) groups is 2. The highest BCUT2D eigenvalue weighted by atomic mass is 35.5. The summed E-state index contributed by atoms with van der Waals surface area (Å²) in [5.41, 5.74) is 1.85. The maximum atomic E-state index is 12.3. The molecule has 110 valence electrons. The Bertz CT molecular complexity index is 737. The van der Waals surface area contributed by atoms with Crippen molar-refractivity contribution in [2.75, 3.05) is 5.32 Å². The minimum absolute atomic E-state index is 0.0601. The number of carbonyl (C=O) groups excluding carboxylic acids is 1. The molecule has 0 fully saturated rings. The second-order valence-electron chi connectivity index (χ2n) is 4.62. The van der Waals surface area contributed by atoms with E-state index in [1.54, 1.807) is 25.6 Å². The molecule has 2 aromatic rings. The van der Waals surface area contributed by atoms with Gasteiger partial charge in [-0.25, -0.2) is 4.79 Å². The summed E-state index contributed by atoms with van der Waals surface area (Å²) in [5, 5.41) is 16.2. The van der Waals surface area contributed by atoms with Crippen molar-refractivity contribution in [3.8, 4) is 0 Å². The monoisotopic (exact) mass is 307 g/mol. The van der Waals surface area contributed by atoms with Crippen molar-refractivity contribution in [1.82, 2.24) is 9.78 Å². The van der Waals surface area contributed by atoms with Crippen molar-refractivity contribution in [3.05, 3.63) is 45.7 Å². The van der Waals surface area contributed by atoms with Gasteiger partial charge in [0.2, 0.25) is 0 Å². The highest BCUT2D eigenvalue weighted by Crippen LogP contribution is 2.22. The average Bonchev–Trinajstić information content (AvgIpc) is 2.65. The van der Waals surface area contributed by atoms with Gasteiger partial charge in [0, 0.05) is 17.8 Å². The van der Waals surface area contributed by atoms with Crippen LogP contribution >= 0.6 is 11.6 Å². The number of hydrogen-bond donors (Lipinski definition) is 2. The number of aryl methyl sites for hydroxylation is 2. The molecule has 0 atom stereocenters. The topological polar surface area (TPSA) is 84.2 Å². The van der Waals surface area contributed by atoms with Gasteiger partial charge in [-0.05, 0) is 32.0 Å². The minimum Gasteiger partial charge on any atom is -0.478 e. The van der Waals surface area contributed by atoms with Crippen molar-refractivity contribution < 1.29 is 14.7 Å². The molecule has 6 nitrogen and oxygen atoms in total. The molecule has 21 heavy (non-hydrogen) atoms. The number of nitrogens with one attached hydrogen (secondary N) is 1. The number of nitrogens with zero attached hydrogens (tertiary/aromatic N) is 2. The summed E-state index contributed by atoms with van der Waals surface area (Å²) in [6.07, 6.45) is 0. The van der Waals surface area contributed by atoms with E-state index in [1.165, 1.54) is 18.2 Å². The second-order valence-corrected chi connectivity index (χ2v) is 5.06. The molecular formula is C14H14ClN3O3. The van der Waals surface area contributed by atoms with E-state index in [2.05, 4.69) is 10.4 Å². The van der Waals surface area contributed by atoms with E-state index in [9.17, 15) is 9.59 Å². The Morgan fingerprint density at radius 1 is 1.33 bits per heavy atom. The predicted octanol–water partition coefficient (Wildman–Crippen LogP) is 2.64. The highest BCUT2D eigenvalue weighted by molar-refractivity contribution is 6.31. The lowest BCUT2D eigenvalue weighted by Crippen LogP contribution is -2.16. The number of rotatable bonds is 3. The van der Waals surface area contributed by atoms with Gasteiger partial charge in [-0.15, -0.1) is 0 Å². The number of anilines is 1. The third-order valence-corrected chi connectivity index (χ3v) is 3.43. The Balaban J connectivity index is 2.38. The number of benzene rings is 1. The number of halogens is 1. The van der Waals surface area contributed by atoms with E-state index in [0.29, 0.717) is 22.0 Å². The maximum absolute atomic E-state index is 12.3. The molecule has 0 aliphatic rings. The second kappa shape index (κ2) is 5.57. The maximum Gasteiger partial charge on any atom is 0.337 e. The zero-order valence-corrected chi connectivity index (χ0v) is 12.5. The van der Waals surface area contributed by atoms with E-state index in [1.807, 2.05) is 0 Å². The van der Waals surface area contributed by atoms with Crippen LogP contribution in [-0.4, -0.2) is 26.8 Å². The third-order valence-electron chi connectivity index (χ3n) is 3.20. The zero-order valence-electron chi connectivity index (χ0n) is 11.8. The van der Waals surface area contributed by atoms with Crippen LogP contribution < -0.4 is 5.32 Å². The van der Waals surface area contributed by atoms with Crippen molar-refractivity contribution >= 4 is 29.2 Å². The van der Waals surface area contributed by atoms with Gasteiger partial charge in [0.15, 0.2) is 0 Å². The van der Waals surface area contributed by atoms with Crippen LogP contribution in [0.25, 0.3) is 0 Å². The molecule has 0 radical (unpaired) electrons.